The molecule has 9 heteroatoms. The maximum atomic E-state index is 13.3. The molecule has 0 unspecified atom stereocenters. The van der Waals surface area contributed by atoms with Crippen LogP contribution in [0.15, 0.2) is 24.3 Å². The van der Waals surface area contributed by atoms with Gasteiger partial charge < -0.3 is 19.5 Å². The Bertz CT molecular complexity index is 983. The fourth-order valence-electron chi connectivity index (χ4n) is 5.15. The van der Waals surface area contributed by atoms with Crippen molar-refractivity contribution in [1.82, 2.24) is 15.2 Å². The molecular weight excluding hydrogens is 513 g/mol. The molecule has 37 heavy (non-hydrogen) atoms. The van der Waals surface area contributed by atoms with Crippen molar-refractivity contribution in [3.8, 4) is 11.5 Å². The van der Waals surface area contributed by atoms with Gasteiger partial charge in [0.25, 0.3) is 5.91 Å². The van der Waals surface area contributed by atoms with E-state index < -0.39 is 0 Å². The molecule has 1 atom stereocenters. The highest BCUT2D eigenvalue weighted by atomic mass is 35.5. The number of halogens is 2. The molecule has 2 fully saturated rings. The maximum absolute atomic E-state index is 13.3. The third kappa shape index (κ3) is 8.60. The average molecular weight is 557 g/mol. The minimum Gasteiger partial charge on any atom is -0.490 e. The van der Waals surface area contributed by atoms with Crippen LogP contribution >= 0.6 is 24.8 Å². The van der Waals surface area contributed by atoms with Crippen molar-refractivity contribution in [3.05, 3.63) is 30.0 Å². The molecule has 1 N–H and O–H groups in total. The number of para-hydroxylation sites is 1. The maximum Gasteiger partial charge on any atom is 0.270 e. The van der Waals surface area contributed by atoms with Crippen LogP contribution in [0, 0.1) is 0 Å². The second-order valence-electron chi connectivity index (χ2n) is 10.1. The average Bonchev–Trinajstić information content (AvgIpc) is 3.13. The smallest absolute Gasteiger partial charge is 0.270 e. The number of benzene rings is 1. The zero-order valence-corrected chi connectivity index (χ0v) is 24.0. The van der Waals surface area contributed by atoms with Crippen LogP contribution in [0.5, 0.6) is 11.5 Å². The number of hydrogen-bond donors (Lipinski definition) is 1. The van der Waals surface area contributed by atoms with Gasteiger partial charge in [0, 0.05) is 37.2 Å². The van der Waals surface area contributed by atoms with Crippen LogP contribution in [0.25, 0.3) is 10.9 Å². The van der Waals surface area contributed by atoms with E-state index in [1.807, 2.05) is 18.2 Å². The number of methoxy groups -OCH3 is 1. The van der Waals surface area contributed by atoms with E-state index in [2.05, 4.69) is 24.1 Å². The van der Waals surface area contributed by atoms with E-state index in [-0.39, 0.29) is 42.9 Å². The van der Waals surface area contributed by atoms with Gasteiger partial charge in [0.05, 0.1) is 12.7 Å². The molecule has 2 heterocycles. The SMILES string of the molecule is COCCOc1cc(C(=O)N[C@@H]2CCCN(C(C)C)C2)nc2c(OC3CCCCCC3)cccc12.Cl.Cl. The highest BCUT2D eigenvalue weighted by Crippen LogP contribution is 2.34. The molecule has 1 aromatic carbocycles. The van der Waals surface area contributed by atoms with Gasteiger partial charge in [-0.3, -0.25) is 9.69 Å². The van der Waals surface area contributed by atoms with Gasteiger partial charge in [0.1, 0.15) is 29.3 Å². The number of pyridine rings is 1. The number of carbonyl (C=O) groups excluding carboxylic acids is 1. The Morgan fingerprint density at radius 1 is 1.05 bits per heavy atom. The Morgan fingerprint density at radius 2 is 1.81 bits per heavy atom. The molecule has 1 aromatic heterocycles. The Hall–Kier alpha value is -1.80. The normalized spacial score (nSPS) is 19.0. The van der Waals surface area contributed by atoms with E-state index in [1.54, 1.807) is 13.2 Å². The molecule has 1 saturated carbocycles. The van der Waals surface area contributed by atoms with E-state index in [0.29, 0.717) is 36.2 Å². The lowest BCUT2D eigenvalue weighted by Crippen LogP contribution is -2.49. The van der Waals surface area contributed by atoms with Crippen molar-refractivity contribution in [1.29, 1.82) is 0 Å². The number of hydrogen-bond acceptors (Lipinski definition) is 6. The zero-order valence-electron chi connectivity index (χ0n) is 22.4. The van der Waals surface area contributed by atoms with Gasteiger partial charge in [0.2, 0.25) is 0 Å². The van der Waals surface area contributed by atoms with E-state index in [4.69, 9.17) is 19.2 Å². The molecule has 0 spiro atoms. The number of aromatic nitrogens is 1. The lowest BCUT2D eigenvalue weighted by Gasteiger charge is -2.35. The molecule has 1 amide bonds. The molecule has 2 aliphatic rings. The van der Waals surface area contributed by atoms with E-state index in [0.717, 1.165) is 49.9 Å². The number of rotatable bonds is 9. The van der Waals surface area contributed by atoms with Gasteiger partial charge in [-0.05, 0) is 71.0 Å². The topological polar surface area (TPSA) is 72.9 Å². The number of nitrogens with zero attached hydrogens (tertiary/aromatic N) is 2. The fourth-order valence-corrected chi connectivity index (χ4v) is 5.15. The number of likely N-dealkylation sites (tertiary alicyclic amines) is 1. The minimum absolute atomic E-state index is 0. The summed E-state index contributed by atoms with van der Waals surface area (Å²) in [6, 6.07) is 8.26. The van der Waals surface area contributed by atoms with Gasteiger partial charge in [-0.25, -0.2) is 4.98 Å². The number of nitrogens with one attached hydrogen (secondary N) is 1. The van der Waals surface area contributed by atoms with Crippen molar-refractivity contribution >= 4 is 41.6 Å². The van der Waals surface area contributed by atoms with Crippen LogP contribution in [0.3, 0.4) is 0 Å². The number of piperidine rings is 1. The standard InChI is InChI=1S/C28H41N3O4.2ClH/c1-20(2)31-15-9-10-21(19-31)29-28(32)24-18-26(34-17-16-33-3)23-13-8-14-25(27(23)30-24)35-22-11-6-4-5-7-12-22;;/h8,13-14,18,20-22H,4-7,9-12,15-17,19H2,1-3H3,(H,29,32);2*1H/t21-;;/m1../s1. The number of ether oxygens (including phenoxy) is 3. The molecule has 208 valence electrons. The molecule has 7 nitrogen and oxygen atoms in total. The van der Waals surface area contributed by atoms with Crippen molar-refractivity contribution in [2.24, 2.45) is 0 Å². The van der Waals surface area contributed by atoms with Crippen molar-refractivity contribution in [2.75, 3.05) is 33.4 Å². The quantitative estimate of drug-likeness (QED) is 0.311. The predicted octanol–water partition coefficient (Wildman–Crippen LogP) is 5.81. The Balaban J connectivity index is 0.00000241. The molecule has 1 aliphatic heterocycles. The van der Waals surface area contributed by atoms with Gasteiger partial charge in [-0.2, -0.15) is 0 Å². The molecule has 0 radical (unpaired) electrons. The summed E-state index contributed by atoms with van der Waals surface area (Å²) in [5.41, 5.74) is 1.05. The number of carbonyl (C=O) groups is 1. The summed E-state index contributed by atoms with van der Waals surface area (Å²) in [5, 5.41) is 4.08. The van der Waals surface area contributed by atoms with Crippen LogP contribution in [0.2, 0.25) is 0 Å². The minimum atomic E-state index is -0.164. The molecular formula is C28H43Cl2N3O4. The lowest BCUT2D eigenvalue weighted by molar-refractivity contribution is 0.0881. The first-order valence-electron chi connectivity index (χ1n) is 13.3. The number of amides is 1. The van der Waals surface area contributed by atoms with Gasteiger partial charge >= 0.3 is 0 Å². The highest BCUT2D eigenvalue weighted by molar-refractivity contribution is 5.98. The Morgan fingerprint density at radius 3 is 2.51 bits per heavy atom. The molecule has 4 rings (SSSR count). The Kier molecular flexibility index (Phi) is 13.2. The largest absolute Gasteiger partial charge is 0.490 e. The first-order valence-corrected chi connectivity index (χ1v) is 13.3. The summed E-state index contributed by atoms with van der Waals surface area (Å²) in [7, 11) is 1.65. The van der Waals surface area contributed by atoms with E-state index >= 15 is 0 Å². The second kappa shape index (κ2) is 15.6. The van der Waals surface area contributed by atoms with E-state index in [1.165, 1.54) is 25.7 Å². The first-order chi connectivity index (χ1) is 17.0. The third-order valence-electron chi connectivity index (χ3n) is 7.16. The van der Waals surface area contributed by atoms with Gasteiger partial charge in [-0.15, -0.1) is 24.8 Å². The summed E-state index contributed by atoms with van der Waals surface area (Å²) >= 11 is 0. The second-order valence-corrected chi connectivity index (χ2v) is 10.1. The van der Waals surface area contributed by atoms with E-state index in [9.17, 15) is 4.79 Å². The van der Waals surface area contributed by atoms with Crippen LogP contribution in [0.1, 0.15) is 75.7 Å². The van der Waals surface area contributed by atoms with Crippen LogP contribution in [-0.4, -0.2) is 67.4 Å². The van der Waals surface area contributed by atoms with Crippen molar-refractivity contribution in [2.45, 2.75) is 83.4 Å². The molecule has 2 aromatic rings. The predicted molar refractivity (Wildman–Crippen MR) is 153 cm³/mol. The summed E-state index contributed by atoms with van der Waals surface area (Å²) < 4.78 is 17.7. The summed E-state index contributed by atoms with van der Waals surface area (Å²) in [6.07, 6.45) is 9.28. The van der Waals surface area contributed by atoms with Crippen LogP contribution in [0.4, 0.5) is 0 Å². The number of fused-ring (bicyclic) bond motifs is 1. The molecule has 1 saturated heterocycles. The third-order valence-corrected chi connectivity index (χ3v) is 7.16. The fraction of sp³-hybridized carbons (Fsp3) is 0.643. The van der Waals surface area contributed by atoms with Gasteiger partial charge in [0.15, 0.2) is 0 Å². The first kappa shape index (κ1) is 31.4. The monoisotopic (exact) mass is 555 g/mol. The lowest BCUT2D eigenvalue weighted by atomic mass is 10.0. The molecule has 0 bridgehead atoms. The van der Waals surface area contributed by atoms with Crippen molar-refractivity contribution < 1.29 is 19.0 Å². The zero-order chi connectivity index (χ0) is 24.6. The highest BCUT2D eigenvalue weighted by Gasteiger charge is 2.25. The summed E-state index contributed by atoms with van der Waals surface area (Å²) in [4.78, 5) is 20.6. The summed E-state index contributed by atoms with van der Waals surface area (Å²) in [6.45, 7) is 7.22. The van der Waals surface area contributed by atoms with Crippen LogP contribution < -0.4 is 14.8 Å². The van der Waals surface area contributed by atoms with Gasteiger partial charge in [-0.1, -0.05) is 18.9 Å². The molecule has 1 aliphatic carbocycles. The summed E-state index contributed by atoms with van der Waals surface area (Å²) in [5.74, 6) is 1.20. The Labute approximate surface area is 233 Å². The van der Waals surface area contributed by atoms with Crippen molar-refractivity contribution in [3.63, 3.8) is 0 Å². The van der Waals surface area contributed by atoms with Crippen LogP contribution in [-0.2, 0) is 4.74 Å².